The van der Waals surface area contributed by atoms with Gasteiger partial charge in [0.2, 0.25) is 5.91 Å². The van der Waals surface area contributed by atoms with Gasteiger partial charge in [0, 0.05) is 31.7 Å². The number of hydrogen-bond donors (Lipinski definition) is 0. The Morgan fingerprint density at radius 2 is 2.14 bits per heavy atom. The van der Waals surface area contributed by atoms with Crippen molar-refractivity contribution in [1.29, 1.82) is 0 Å². The van der Waals surface area contributed by atoms with Gasteiger partial charge in [0.25, 0.3) is 0 Å². The Kier molecular flexibility index (Phi) is 6.88. The number of carbonyl (C=O) groups is 2. The molecule has 0 atom stereocenters. The lowest BCUT2D eigenvalue weighted by atomic mass is 10.2. The highest BCUT2D eigenvalue weighted by Crippen LogP contribution is 2.20. The average Bonchev–Trinajstić information content (AvgIpc) is 2.46. The molecule has 0 unspecified atom stereocenters. The Labute approximate surface area is 128 Å². The van der Waals surface area contributed by atoms with E-state index in [2.05, 4.69) is 4.74 Å². The predicted molar refractivity (Wildman–Crippen MR) is 79.3 cm³/mol. The molecule has 0 bridgehead atoms. The molecule has 0 spiro atoms. The molecule has 0 N–H and O–H groups in total. The third-order valence-corrected chi connectivity index (χ3v) is 3.20. The maximum Gasteiger partial charge on any atom is 0.305 e. The van der Waals surface area contributed by atoms with E-state index in [4.69, 9.17) is 11.6 Å². The molecule has 1 amide bonds. The maximum absolute atomic E-state index is 13.5. The normalized spacial score (nSPS) is 10.7. The summed E-state index contributed by atoms with van der Waals surface area (Å²) >= 11 is 5.86. The molecule has 4 nitrogen and oxygen atoms in total. The highest BCUT2D eigenvalue weighted by atomic mass is 35.5. The van der Waals surface area contributed by atoms with E-state index in [0.717, 1.165) is 0 Å². The van der Waals surface area contributed by atoms with Gasteiger partial charge < -0.3 is 9.64 Å². The molecule has 0 radical (unpaired) electrons. The van der Waals surface area contributed by atoms with Crippen LogP contribution in [0.15, 0.2) is 24.3 Å². The van der Waals surface area contributed by atoms with Gasteiger partial charge in [0.1, 0.15) is 5.82 Å². The van der Waals surface area contributed by atoms with Crippen molar-refractivity contribution in [3.63, 3.8) is 0 Å². The number of likely N-dealkylation sites (N-methyl/N-ethyl adjacent to an activating group) is 1. The fraction of sp³-hybridized carbons (Fsp3) is 0.333. The smallest absolute Gasteiger partial charge is 0.305 e. The lowest BCUT2D eigenvalue weighted by Gasteiger charge is -2.14. The third-order valence-electron chi connectivity index (χ3n) is 2.87. The number of halogens is 2. The van der Waals surface area contributed by atoms with Crippen molar-refractivity contribution in [3.8, 4) is 0 Å². The molecule has 0 aromatic heterocycles. The third kappa shape index (κ3) is 5.55. The molecule has 21 heavy (non-hydrogen) atoms. The summed E-state index contributed by atoms with van der Waals surface area (Å²) in [6.45, 7) is 0.406. The minimum absolute atomic E-state index is 0.176. The molecule has 0 aliphatic carbocycles. The van der Waals surface area contributed by atoms with Crippen LogP contribution in [0.4, 0.5) is 4.39 Å². The van der Waals surface area contributed by atoms with Gasteiger partial charge in [-0.2, -0.15) is 0 Å². The molecular weight excluding hydrogens is 297 g/mol. The summed E-state index contributed by atoms with van der Waals surface area (Å²) < 4.78 is 18.0. The number of amides is 1. The van der Waals surface area contributed by atoms with Crippen molar-refractivity contribution >= 4 is 29.6 Å². The van der Waals surface area contributed by atoms with Gasteiger partial charge in [-0.25, -0.2) is 4.39 Å². The topological polar surface area (TPSA) is 46.6 Å². The number of methoxy groups -OCH3 is 1. The summed E-state index contributed by atoms with van der Waals surface area (Å²) in [5.41, 5.74) is 0.176. The second kappa shape index (κ2) is 8.42. The van der Waals surface area contributed by atoms with Crippen LogP contribution in [0.5, 0.6) is 0 Å². The second-order valence-electron chi connectivity index (χ2n) is 4.41. The Balaban J connectivity index is 2.56. The molecule has 0 aliphatic heterocycles. The first-order chi connectivity index (χ1) is 9.95. The summed E-state index contributed by atoms with van der Waals surface area (Å²) in [5, 5.41) is 0.243. The molecular formula is C15H17ClFNO3. The lowest BCUT2D eigenvalue weighted by Crippen LogP contribution is -2.26. The van der Waals surface area contributed by atoms with E-state index in [-0.39, 0.29) is 28.9 Å². The number of rotatable bonds is 6. The Bertz CT molecular complexity index is 525. The van der Waals surface area contributed by atoms with Crippen molar-refractivity contribution in [2.75, 3.05) is 20.7 Å². The van der Waals surface area contributed by atoms with E-state index in [1.54, 1.807) is 13.1 Å². The molecule has 0 saturated carbocycles. The fourth-order valence-electron chi connectivity index (χ4n) is 1.62. The summed E-state index contributed by atoms with van der Waals surface area (Å²) in [4.78, 5) is 24.2. The molecule has 1 rings (SSSR count). The van der Waals surface area contributed by atoms with Crippen LogP contribution in [0.3, 0.4) is 0 Å². The van der Waals surface area contributed by atoms with E-state index in [0.29, 0.717) is 13.0 Å². The molecule has 1 aromatic carbocycles. The second-order valence-corrected chi connectivity index (χ2v) is 4.82. The zero-order valence-electron chi connectivity index (χ0n) is 11.9. The number of esters is 1. The molecule has 0 heterocycles. The van der Waals surface area contributed by atoms with E-state index >= 15 is 0 Å². The van der Waals surface area contributed by atoms with Crippen LogP contribution in [-0.4, -0.2) is 37.5 Å². The van der Waals surface area contributed by atoms with E-state index in [1.165, 1.54) is 36.3 Å². The number of nitrogens with zero attached hydrogens (tertiary/aromatic N) is 1. The van der Waals surface area contributed by atoms with Gasteiger partial charge in [-0.3, -0.25) is 9.59 Å². The molecule has 6 heteroatoms. The zero-order chi connectivity index (χ0) is 15.8. The van der Waals surface area contributed by atoms with Gasteiger partial charge >= 0.3 is 5.97 Å². The van der Waals surface area contributed by atoms with E-state index in [9.17, 15) is 14.0 Å². The quantitative estimate of drug-likeness (QED) is 0.599. The van der Waals surface area contributed by atoms with Gasteiger partial charge in [-0.15, -0.1) is 0 Å². The summed E-state index contributed by atoms with van der Waals surface area (Å²) in [6, 6.07) is 4.32. The van der Waals surface area contributed by atoms with Gasteiger partial charge in [-0.1, -0.05) is 17.7 Å². The molecule has 0 fully saturated rings. The Morgan fingerprint density at radius 1 is 1.43 bits per heavy atom. The SMILES string of the molecule is COC(=O)CCCN(C)C(=O)C=Cc1c(F)cccc1Cl. The number of benzene rings is 1. The molecule has 114 valence electrons. The van der Waals surface area contributed by atoms with Crippen molar-refractivity contribution < 1.29 is 18.7 Å². The standard InChI is InChI=1S/C15H17ClFNO3/c1-18(10-4-7-15(20)21-2)14(19)9-8-11-12(16)5-3-6-13(11)17/h3,5-6,8-9H,4,7,10H2,1-2H3. The predicted octanol–water partition coefficient (Wildman–Crippen LogP) is 2.90. The molecule has 0 saturated heterocycles. The Hall–Kier alpha value is -1.88. The Morgan fingerprint density at radius 3 is 2.76 bits per heavy atom. The number of ether oxygens (including phenoxy) is 1. The minimum atomic E-state index is -0.486. The van der Waals surface area contributed by atoms with Crippen LogP contribution in [0, 0.1) is 5.82 Å². The van der Waals surface area contributed by atoms with Crippen LogP contribution in [0.25, 0.3) is 6.08 Å². The largest absolute Gasteiger partial charge is 0.469 e. The summed E-state index contributed by atoms with van der Waals surface area (Å²) in [7, 11) is 2.92. The monoisotopic (exact) mass is 313 g/mol. The average molecular weight is 314 g/mol. The zero-order valence-corrected chi connectivity index (χ0v) is 12.7. The lowest BCUT2D eigenvalue weighted by molar-refractivity contribution is -0.141. The highest BCUT2D eigenvalue weighted by Gasteiger charge is 2.08. The fourth-order valence-corrected chi connectivity index (χ4v) is 1.85. The first kappa shape index (κ1) is 17.2. The molecule has 1 aromatic rings. The van der Waals surface area contributed by atoms with Crippen LogP contribution in [-0.2, 0) is 14.3 Å². The van der Waals surface area contributed by atoms with E-state index < -0.39 is 5.82 Å². The van der Waals surface area contributed by atoms with Crippen molar-refractivity contribution in [3.05, 3.63) is 40.7 Å². The minimum Gasteiger partial charge on any atom is -0.469 e. The van der Waals surface area contributed by atoms with Crippen LogP contribution in [0.1, 0.15) is 18.4 Å². The van der Waals surface area contributed by atoms with Crippen molar-refractivity contribution in [2.24, 2.45) is 0 Å². The van der Waals surface area contributed by atoms with Gasteiger partial charge in [0.05, 0.1) is 12.1 Å². The van der Waals surface area contributed by atoms with Gasteiger partial charge in [-0.05, 0) is 24.6 Å². The van der Waals surface area contributed by atoms with Gasteiger partial charge in [0.15, 0.2) is 0 Å². The van der Waals surface area contributed by atoms with Crippen molar-refractivity contribution in [2.45, 2.75) is 12.8 Å². The van der Waals surface area contributed by atoms with Crippen LogP contribution >= 0.6 is 11.6 Å². The number of hydrogen-bond acceptors (Lipinski definition) is 3. The van der Waals surface area contributed by atoms with Crippen LogP contribution in [0.2, 0.25) is 5.02 Å². The number of carbonyl (C=O) groups excluding carboxylic acids is 2. The maximum atomic E-state index is 13.5. The highest BCUT2D eigenvalue weighted by molar-refractivity contribution is 6.32. The molecule has 0 aliphatic rings. The summed E-state index contributed by atoms with van der Waals surface area (Å²) in [5.74, 6) is -1.09. The first-order valence-corrected chi connectivity index (χ1v) is 6.77. The van der Waals surface area contributed by atoms with Crippen molar-refractivity contribution in [1.82, 2.24) is 4.90 Å². The van der Waals surface area contributed by atoms with Crippen LogP contribution < -0.4 is 0 Å². The van der Waals surface area contributed by atoms with E-state index in [1.807, 2.05) is 0 Å². The first-order valence-electron chi connectivity index (χ1n) is 6.39. The summed E-state index contributed by atoms with van der Waals surface area (Å²) in [6.07, 6.45) is 3.35.